The zero-order valence-corrected chi connectivity index (χ0v) is 20.6. The number of ether oxygens (including phenoxy) is 4. The largest absolute Gasteiger partial charge is 0.461 e. The molecule has 0 aromatic heterocycles. The second kappa shape index (κ2) is 8.97. The smallest absolute Gasteiger partial charge is 0.302 e. The van der Waals surface area contributed by atoms with Crippen LogP contribution >= 0.6 is 0 Å². The molecule has 1 spiro atoms. The number of carbonyl (C=O) groups excluding carboxylic acids is 2. The van der Waals surface area contributed by atoms with E-state index in [4.69, 9.17) is 18.9 Å². The molecular formula is C27H36O6. The van der Waals surface area contributed by atoms with Crippen LogP contribution in [0.15, 0.2) is 46.6 Å². The molecule has 0 N–H and O–H groups in total. The van der Waals surface area contributed by atoms with Crippen molar-refractivity contribution in [2.24, 2.45) is 5.92 Å². The predicted molar refractivity (Wildman–Crippen MR) is 124 cm³/mol. The van der Waals surface area contributed by atoms with Gasteiger partial charge in [-0.05, 0) is 83.3 Å². The van der Waals surface area contributed by atoms with Gasteiger partial charge in [-0.25, -0.2) is 0 Å². The number of carbonyl (C=O) groups is 2. The van der Waals surface area contributed by atoms with E-state index >= 15 is 0 Å². The third-order valence-corrected chi connectivity index (χ3v) is 7.02. The summed E-state index contributed by atoms with van der Waals surface area (Å²) in [5, 5.41) is 0. The van der Waals surface area contributed by atoms with Gasteiger partial charge in [-0.15, -0.1) is 0 Å². The summed E-state index contributed by atoms with van der Waals surface area (Å²) in [7, 11) is 0. The van der Waals surface area contributed by atoms with Crippen LogP contribution in [0.5, 0.6) is 0 Å². The van der Waals surface area contributed by atoms with Gasteiger partial charge in [-0.2, -0.15) is 0 Å². The van der Waals surface area contributed by atoms with Crippen molar-refractivity contribution < 1.29 is 28.5 Å². The SMILES string of the molecule is CC(=O)OCC1=C[C@]2(C=C(C)C[C@@H](C=C(C)CCC3OC3(C)C)O2)O[C@@H]2C=C(C)C(=O)C[C@H]12. The molecule has 1 saturated heterocycles. The number of hydrogen-bond acceptors (Lipinski definition) is 6. The molecule has 3 heterocycles. The fraction of sp³-hybridized carbons (Fsp3) is 0.630. The van der Waals surface area contributed by atoms with Crippen LogP contribution < -0.4 is 0 Å². The minimum atomic E-state index is -1.04. The zero-order valence-electron chi connectivity index (χ0n) is 20.6. The van der Waals surface area contributed by atoms with Crippen LogP contribution in [0, 0.1) is 5.92 Å². The molecular weight excluding hydrogens is 420 g/mol. The molecule has 3 aliphatic heterocycles. The third-order valence-electron chi connectivity index (χ3n) is 7.02. The Morgan fingerprint density at radius 1 is 1.15 bits per heavy atom. The van der Waals surface area contributed by atoms with Crippen molar-refractivity contribution in [3.8, 4) is 0 Å². The average Bonchev–Trinajstić information content (AvgIpc) is 3.32. The Bertz CT molecular complexity index is 952. The van der Waals surface area contributed by atoms with Crippen LogP contribution in [0.2, 0.25) is 0 Å². The Morgan fingerprint density at radius 3 is 2.55 bits per heavy atom. The maximum Gasteiger partial charge on any atom is 0.302 e. The number of hydrogen-bond donors (Lipinski definition) is 0. The first-order chi connectivity index (χ1) is 15.5. The lowest BCUT2D eigenvalue weighted by molar-refractivity contribution is -0.225. The summed E-state index contributed by atoms with van der Waals surface area (Å²) in [5.74, 6) is -1.44. The van der Waals surface area contributed by atoms with Gasteiger partial charge in [0.1, 0.15) is 6.61 Å². The fourth-order valence-electron chi connectivity index (χ4n) is 5.10. The summed E-state index contributed by atoms with van der Waals surface area (Å²) < 4.78 is 24.1. The standard InChI is InChI=1S/C27H36O6/c1-16(7-8-25-26(5,6)33-25)9-21-10-17(2)13-27(31-21)14-20(15-30-19(4)28)22-12-23(29)18(3)11-24(22)32-27/h9,11,13-14,21-22,24-25H,7-8,10,12,15H2,1-6H3/t21-,22-,24-,25?,27+/m1/s1. The molecule has 1 aliphatic carbocycles. The van der Waals surface area contributed by atoms with Gasteiger partial charge in [0, 0.05) is 19.3 Å². The molecule has 6 heteroatoms. The minimum Gasteiger partial charge on any atom is -0.461 e. The molecule has 5 atom stereocenters. The molecule has 4 aliphatic rings. The Balaban J connectivity index is 1.55. The van der Waals surface area contributed by atoms with Crippen LogP contribution in [-0.4, -0.2) is 48.1 Å². The zero-order chi connectivity index (χ0) is 24.0. The van der Waals surface area contributed by atoms with Gasteiger partial charge in [0.05, 0.1) is 23.9 Å². The van der Waals surface area contributed by atoms with Crippen LogP contribution in [0.4, 0.5) is 0 Å². The van der Waals surface area contributed by atoms with Gasteiger partial charge >= 0.3 is 5.97 Å². The Labute approximate surface area is 196 Å². The quantitative estimate of drug-likeness (QED) is 0.326. The van der Waals surface area contributed by atoms with Crippen LogP contribution in [0.3, 0.4) is 0 Å². The molecule has 6 nitrogen and oxygen atoms in total. The number of ketones is 1. The molecule has 180 valence electrons. The van der Waals surface area contributed by atoms with Crippen LogP contribution in [0.25, 0.3) is 0 Å². The van der Waals surface area contributed by atoms with E-state index in [1.165, 1.54) is 18.1 Å². The number of fused-ring (bicyclic) bond motifs is 1. The summed E-state index contributed by atoms with van der Waals surface area (Å²) in [5.41, 5.74) is 4.03. The van der Waals surface area contributed by atoms with Gasteiger partial charge in [-0.3, -0.25) is 9.59 Å². The summed E-state index contributed by atoms with van der Waals surface area (Å²) >= 11 is 0. The maximum absolute atomic E-state index is 12.4. The highest BCUT2D eigenvalue weighted by atomic mass is 16.7. The number of rotatable bonds is 6. The van der Waals surface area contributed by atoms with E-state index in [1.807, 2.05) is 25.2 Å². The molecule has 0 aromatic carbocycles. The van der Waals surface area contributed by atoms with Crippen molar-refractivity contribution in [1.29, 1.82) is 0 Å². The topological polar surface area (TPSA) is 74.4 Å². The van der Waals surface area contributed by atoms with Gasteiger partial charge in [0.15, 0.2) is 5.78 Å². The summed E-state index contributed by atoms with van der Waals surface area (Å²) in [4.78, 5) is 23.9. The van der Waals surface area contributed by atoms with Gasteiger partial charge in [0.25, 0.3) is 0 Å². The van der Waals surface area contributed by atoms with E-state index in [0.29, 0.717) is 18.1 Å². The van der Waals surface area contributed by atoms with E-state index in [9.17, 15) is 9.59 Å². The molecule has 1 unspecified atom stereocenters. The molecule has 0 amide bonds. The highest BCUT2D eigenvalue weighted by molar-refractivity contribution is 5.96. The molecule has 33 heavy (non-hydrogen) atoms. The first-order valence-corrected chi connectivity index (χ1v) is 11.9. The number of Topliss-reactive ketones (excluding diaryl/α,β-unsaturated/α-hetero) is 1. The second-order valence-electron chi connectivity index (χ2n) is 10.5. The molecule has 0 radical (unpaired) electrons. The predicted octanol–water partition coefficient (Wildman–Crippen LogP) is 4.75. The number of allylic oxidation sites excluding steroid dienone is 2. The van der Waals surface area contributed by atoms with Crippen LogP contribution in [-0.2, 0) is 28.5 Å². The third kappa shape index (κ3) is 5.56. The molecule has 4 rings (SSSR count). The highest BCUT2D eigenvalue weighted by Crippen LogP contribution is 2.43. The van der Waals surface area contributed by atoms with Crippen molar-refractivity contribution in [3.63, 3.8) is 0 Å². The van der Waals surface area contributed by atoms with E-state index in [2.05, 4.69) is 33.8 Å². The van der Waals surface area contributed by atoms with Crippen molar-refractivity contribution in [2.75, 3.05) is 6.61 Å². The number of esters is 1. The molecule has 1 fully saturated rings. The lowest BCUT2D eigenvalue weighted by atomic mass is 9.79. The molecule has 0 saturated carbocycles. The van der Waals surface area contributed by atoms with Gasteiger partial charge in [0.2, 0.25) is 5.79 Å². The maximum atomic E-state index is 12.4. The van der Waals surface area contributed by atoms with E-state index in [-0.39, 0.29) is 42.1 Å². The Hall–Kier alpha value is -2.02. The van der Waals surface area contributed by atoms with Crippen molar-refractivity contribution in [1.82, 2.24) is 0 Å². The summed E-state index contributed by atoms with van der Waals surface area (Å²) in [6.07, 6.45) is 11.0. The van der Waals surface area contributed by atoms with Crippen molar-refractivity contribution in [2.45, 2.75) is 96.9 Å². The molecule has 0 aromatic rings. The lowest BCUT2D eigenvalue weighted by Gasteiger charge is -2.45. The average molecular weight is 457 g/mol. The second-order valence-corrected chi connectivity index (χ2v) is 10.5. The Kier molecular flexibility index (Phi) is 6.56. The first-order valence-electron chi connectivity index (χ1n) is 11.9. The van der Waals surface area contributed by atoms with E-state index < -0.39 is 5.79 Å². The van der Waals surface area contributed by atoms with Crippen molar-refractivity contribution in [3.05, 3.63) is 46.6 Å². The normalized spacial score (nSPS) is 35.4. The lowest BCUT2D eigenvalue weighted by Crippen LogP contribution is -2.49. The fourth-order valence-corrected chi connectivity index (χ4v) is 5.10. The van der Waals surface area contributed by atoms with E-state index in [0.717, 1.165) is 24.8 Å². The first kappa shape index (κ1) is 24.1. The summed E-state index contributed by atoms with van der Waals surface area (Å²) in [6, 6.07) is 0. The number of epoxide rings is 1. The van der Waals surface area contributed by atoms with Crippen molar-refractivity contribution >= 4 is 11.8 Å². The van der Waals surface area contributed by atoms with E-state index in [1.54, 1.807) is 0 Å². The highest BCUT2D eigenvalue weighted by Gasteiger charge is 2.47. The summed E-state index contributed by atoms with van der Waals surface area (Å²) in [6.45, 7) is 11.8. The monoisotopic (exact) mass is 456 g/mol. The molecule has 0 bridgehead atoms. The van der Waals surface area contributed by atoms with Crippen LogP contribution in [0.1, 0.15) is 67.2 Å². The van der Waals surface area contributed by atoms with Gasteiger partial charge in [-0.1, -0.05) is 17.2 Å². The minimum absolute atomic E-state index is 0.00759. The van der Waals surface area contributed by atoms with Gasteiger partial charge < -0.3 is 18.9 Å². The Morgan fingerprint density at radius 2 is 1.88 bits per heavy atom.